The minimum atomic E-state index is -2.05. The first-order valence-corrected chi connectivity index (χ1v) is 10.3. The molecule has 6 N–H and O–H groups in total. The average Bonchev–Trinajstić information content (AvgIpc) is 2.71. The summed E-state index contributed by atoms with van der Waals surface area (Å²) < 4.78 is 0. The van der Waals surface area contributed by atoms with Crippen molar-refractivity contribution in [2.24, 2.45) is 0 Å². The number of rotatable bonds is 20. The topological polar surface area (TPSA) is 191 Å². The van der Waals surface area contributed by atoms with Gasteiger partial charge in [-0.1, -0.05) is 19.3 Å². The van der Waals surface area contributed by atoms with Crippen LogP contribution in [0.4, 0.5) is 0 Å². The summed E-state index contributed by atoms with van der Waals surface area (Å²) in [6, 6.07) is 0. The summed E-state index contributed by atoms with van der Waals surface area (Å²) in [6.45, 7) is 3.55. The molecule has 2 amide bonds. The number of hydrogen-bond acceptors (Lipinski definition) is 9. The van der Waals surface area contributed by atoms with E-state index in [-0.39, 0.29) is 13.0 Å². The van der Waals surface area contributed by atoms with E-state index >= 15 is 0 Å². The van der Waals surface area contributed by atoms with Crippen molar-refractivity contribution in [2.45, 2.75) is 44.9 Å². The van der Waals surface area contributed by atoms with E-state index in [4.69, 9.17) is 10.2 Å². The largest absolute Gasteiger partial charge is 0.481 e. The minimum Gasteiger partial charge on any atom is -0.481 e. The van der Waals surface area contributed by atoms with Crippen molar-refractivity contribution in [3.05, 3.63) is 0 Å². The fourth-order valence-electron chi connectivity index (χ4n) is 2.45. The van der Waals surface area contributed by atoms with Crippen LogP contribution in [-0.4, -0.2) is 84.8 Å². The zero-order chi connectivity index (χ0) is 23.5. The predicted octanol–water partition coefficient (Wildman–Crippen LogP) is -1.56. The van der Waals surface area contributed by atoms with Crippen LogP contribution in [0.2, 0.25) is 0 Å². The number of carbonyl (C=O) groups excluding carboxylic acids is 4. The highest BCUT2D eigenvalue weighted by Gasteiger charge is 2.29. The van der Waals surface area contributed by atoms with Crippen molar-refractivity contribution in [2.75, 3.05) is 39.3 Å². The van der Waals surface area contributed by atoms with E-state index in [1.165, 1.54) is 0 Å². The zero-order valence-corrected chi connectivity index (χ0v) is 17.5. The second-order valence-electron chi connectivity index (χ2n) is 6.78. The molecule has 0 bridgehead atoms. The van der Waals surface area contributed by atoms with Gasteiger partial charge in [0.2, 0.25) is 5.91 Å². The minimum absolute atomic E-state index is 0.181. The summed E-state index contributed by atoms with van der Waals surface area (Å²) in [5.74, 6) is -8.89. The van der Waals surface area contributed by atoms with Crippen LogP contribution in [0.1, 0.15) is 44.9 Å². The number of unbranched alkanes of at least 4 members (excludes halogenated alkanes) is 4. The highest BCUT2D eigenvalue weighted by Crippen LogP contribution is 2.01. The van der Waals surface area contributed by atoms with Gasteiger partial charge in [0, 0.05) is 19.5 Å². The van der Waals surface area contributed by atoms with Gasteiger partial charge in [-0.2, -0.15) is 0 Å². The Labute approximate surface area is 180 Å². The first-order chi connectivity index (χ1) is 14.8. The van der Waals surface area contributed by atoms with Gasteiger partial charge in [-0.3, -0.25) is 29.3 Å². The maximum atomic E-state index is 11.5. The van der Waals surface area contributed by atoms with Gasteiger partial charge in [-0.25, -0.2) is 4.79 Å². The number of carboxylic acids is 2. The molecule has 0 heterocycles. The predicted molar refractivity (Wildman–Crippen MR) is 109 cm³/mol. The van der Waals surface area contributed by atoms with Crippen LogP contribution < -0.4 is 21.3 Å². The van der Waals surface area contributed by atoms with Gasteiger partial charge < -0.3 is 26.2 Å². The normalized spacial score (nSPS) is 10.5. The van der Waals surface area contributed by atoms with Crippen LogP contribution in [-0.2, 0) is 28.8 Å². The molecule has 0 fully saturated rings. The summed E-state index contributed by atoms with van der Waals surface area (Å²) in [6.07, 6.45) is 5.73. The lowest BCUT2D eigenvalue weighted by atomic mass is 10.1. The van der Waals surface area contributed by atoms with Crippen molar-refractivity contribution in [3.63, 3.8) is 0 Å². The maximum absolute atomic E-state index is 11.5. The molecule has 176 valence electrons. The standard InChI is InChI=1S/C19H32N4O8/c24-14(23-18(29)16(27)17(28)19(30)31)13-22-9-5-3-1-2-4-8-20-11-12-21-10-6-7-15(25)26/h20-22H,1-13H2,(H,25,26)(H,30,31)(H,23,24,29). The number of carboxylic acid groups (broad SMARTS) is 2. The molecule has 0 aromatic carbocycles. The van der Waals surface area contributed by atoms with Crippen molar-refractivity contribution >= 4 is 35.3 Å². The molecule has 0 saturated heterocycles. The van der Waals surface area contributed by atoms with Crippen LogP contribution in [0.15, 0.2) is 0 Å². The van der Waals surface area contributed by atoms with Gasteiger partial charge >= 0.3 is 23.6 Å². The second kappa shape index (κ2) is 18.1. The Morgan fingerprint density at radius 2 is 1.10 bits per heavy atom. The Morgan fingerprint density at radius 3 is 1.65 bits per heavy atom. The molecule has 0 atom stereocenters. The lowest BCUT2D eigenvalue weighted by Crippen LogP contribution is -2.44. The average molecular weight is 444 g/mol. The quantitative estimate of drug-likeness (QED) is 0.0722. The molecule has 0 radical (unpaired) electrons. The fraction of sp³-hybridized carbons (Fsp3) is 0.684. The van der Waals surface area contributed by atoms with Gasteiger partial charge in [0.15, 0.2) is 0 Å². The summed E-state index contributed by atoms with van der Waals surface area (Å²) in [7, 11) is 0. The third kappa shape index (κ3) is 16.7. The number of carbonyl (C=O) groups is 6. The Balaban J connectivity index is 3.44. The third-order valence-electron chi connectivity index (χ3n) is 4.08. The summed E-state index contributed by atoms with van der Waals surface area (Å²) in [4.78, 5) is 65.3. The molecule has 12 heteroatoms. The highest BCUT2D eigenvalue weighted by atomic mass is 16.4. The van der Waals surface area contributed by atoms with Crippen molar-refractivity contribution in [3.8, 4) is 0 Å². The summed E-state index contributed by atoms with van der Waals surface area (Å²) in [5, 5.41) is 27.8. The number of aliphatic carboxylic acids is 2. The van der Waals surface area contributed by atoms with Crippen molar-refractivity contribution in [1.29, 1.82) is 0 Å². The first-order valence-electron chi connectivity index (χ1n) is 10.3. The van der Waals surface area contributed by atoms with E-state index in [1.54, 1.807) is 5.32 Å². The number of imide groups is 1. The smallest absolute Gasteiger partial charge is 0.381 e. The van der Waals surface area contributed by atoms with Gasteiger partial charge in [0.1, 0.15) is 0 Å². The molecule has 12 nitrogen and oxygen atoms in total. The molecule has 31 heavy (non-hydrogen) atoms. The molecule has 0 aliphatic rings. The van der Waals surface area contributed by atoms with Crippen LogP contribution in [0.5, 0.6) is 0 Å². The van der Waals surface area contributed by atoms with E-state index < -0.39 is 35.3 Å². The van der Waals surface area contributed by atoms with Crippen LogP contribution in [0.3, 0.4) is 0 Å². The molecule has 0 aromatic heterocycles. The maximum Gasteiger partial charge on any atom is 0.381 e. The van der Waals surface area contributed by atoms with Crippen molar-refractivity contribution in [1.82, 2.24) is 21.3 Å². The van der Waals surface area contributed by atoms with Crippen molar-refractivity contribution < 1.29 is 39.0 Å². The molecular weight excluding hydrogens is 412 g/mol. The van der Waals surface area contributed by atoms with E-state index in [0.29, 0.717) is 19.5 Å². The molecule has 0 aliphatic heterocycles. The Bertz CT molecular complexity index is 624. The van der Waals surface area contributed by atoms with E-state index in [2.05, 4.69) is 16.0 Å². The molecule has 0 aliphatic carbocycles. The lowest BCUT2D eigenvalue weighted by molar-refractivity contribution is -0.155. The molecule has 0 spiro atoms. The van der Waals surface area contributed by atoms with Crippen LogP contribution >= 0.6 is 0 Å². The summed E-state index contributed by atoms with van der Waals surface area (Å²) in [5.41, 5.74) is 0. The van der Waals surface area contributed by atoms with E-state index in [1.807, 2.05) is 0 Å². The molecule has 0 rings (SSSR count). The molecular formula is C19H32N4O8. The number of hydrogen-bond donors (Lipinski definition) is 6. The third-order valence-corrected chi connectivity index (χ3v) is 4.08. The number of Topliss-reactive ketones (excluding diaryl/α,β-unsaturated/α-hetero) is 2. The first kappa shape index (κ1) is 28.3. The Morgan fingerprint density at radius 1 is 0.581 bits per heavy atom. The van der Waals surface area contributed by atoms with Gasteiger partial charge in [0.05, 0.1) is 6.54 Å². The molecule has 0 aromatic rings. The zero-order valence-electron chi connectivity index (χ0n) is 17.5. The Kier molecular flexibility index (Phi) is 16.5. The number of ketones is 2. The number of amides is 2. The van der Waals surface area contributed by atoms with Gasteiger partial charge in [-0.05, 0) is 38.9 Å². The van der Waals surface area contributed by atoms with Crippen LogP contribution in [0, 0.1) is 0 Å². The second-order valence-corrected chi connectivity index (χ2v) is 6.78. The number of nitrogens with one attached hydrogen (secondary N) is 4. The summed E-state index contributed by atoms with van der Waals surface area (Å²) >= 11 is 0. The Hall–Kier alpha value is -2.70. The molecule has 0 saturated carbocycles. The van der Waals surface area contributed by atoms with Crippen LogP contribution in [0.25, 0.3) is 0 Å². The lowest BCUT2D eigenvalue weighted by Gasteiger charge is -2.07. The highest BCUT2D eigenvalue weighted by molar-refractivity contribution is 6.77. The molecule has 0 unspecified atom stereocenters. The van der Waals surface area contributed by atoms with Gasteiger partial charge in [0.25, 0.3) is 5.78 Å². The monoisotopic (exact) mass is 444 g/mol. The fourth-order valence-corrected chi connectivity index (χ4v) is 2.45. The van der Waals surface area contributed by atoms with E-state index in [9.17, 15) is 28.8 Å². The van der Waals surface area contributed by atoms with E-state index in [0.717, 1.165) is 51.7 Å². The van der Waals surface area contributed by atoms with Gasteiger partial charge in [-0.15, -0.1) is 0 Å². The SMILES string of the molecule is O=C(O)CCCNCCNCCCCCCCNCC(=O)NC(=O)C(=O)C(=O)C(=O)O.